The Hall–Kier alpha value is -1.51. The van der Waals surface area contributed by atoms with Gasteiger partial charge in [-0.15, -0.1) is 4.57 Å². The minimum Gasteiger partial charge on any atom is -0.417 e. The van der Waals surface area contributed by atoms with Crippen LogP contribution in [-0.2, 0) is 7.05 Å². The van der Waals surface area contributed by atoms with E-state index in [4.69, 9.17) is 9.15 Å². The fourth-order valence-corrected chi connectivity index (χ4v) is 1.26. The first-order valence-electron chi connectivity index (χ1n) is 3.74. The van der Waals surface area contributed by atoms with Gasteiger partial charge >= 0.3 is 6.08 Å². The highest BCUT2D eigenvalue weighted by Crippen LogP contribution is 2.16. The normalized spacial score (nSPS) is 10.5. The van der Waals surface area contributed by atoms with Crippen molar-refractivity contribution >= 4 is 11.1 Å². The molecule has 1 heterocycles. The van der Waals surface area contributed by atoms with Crippen molar-refractivity contribution in [1.82, 2.24) is 0 Å². The van der Waals surface area contributed by atoms with Crippen LogP contribution in [0.4, 0.5) is 0 Å². The maximum Gasteiger partial charge on any atom is 0.560 e. The van der Waals surface area contributed by atoms with Crippen LogP contribution in [0.15, 0.2) is 28.7 Å². The zero-order valence-corrected chi connectivity index (χ0v) is 7.07. The molecule has 3 heteroatoms. The smallest absolute Gasteiger partial charge is 0.417 e. The van der Waals surface area contributed by atoms with Crippen LogP contribution in [0.2, 0.25) is 0 Å². The van der Waals surface area contributed by atoms with Gasteiger partial charge in [0.1, 0.15) is 7.05 Å². The molecule has 0 fully saturated rings. The van der Waals surface area contributed by atoms with Gasteiger partial charge in [0.2, 0.25) is 5.58 Å². The summed E-state index contributed by atoms with van der Waals surface area (Å²) in [4.78, 5) is 0. The van der Waals surface area contributed by atoms with E-state index < -0.39 is 0 Å². The number of aromatic nitrogens is 1. The van der Waals surface area contributed by atoms with Crippen molar-refractivity contribution in [3.05, 3.63) is 24.3 Å². The van der Waals surface area contributed by atoms with Gasteiger partial charge in [-0.1, -0.05) is 12.1 Å². The van der Waals surface area contributed by atoms with Crippen molar-refractivity contribution in [2.24, 2.45) is 7.05 Å². The van der Waals surface area contributed by atoms with Gasteiger partial charge in [0.25, 0.3) is 5.52 Å². The van der Waals surface area contributed by atoms with Gasteiger partial charge in [-0.25, -0.2) is 0 Å². The van der Waals surface area contributed by atoms with Gasteiger partial charge in [0, 0.05) is 6.07 Å². The van der Waals surface area contributed by atoms with Crippen molar-refractivity contribution in [3.8, 4) is 6.08 Å². The first-order valence-corrected chi connectivity index (χ1v) is 3.74. The van der Waals surface area contributed by atoms with E-state index in [2.05, 4.69) is 0 Å². The predicted molar refractivity (Wildman–Crippen MR) is 43.9 cm³/mol. The lowest BCUT2D eigenvalue weighted by Gasteiger charge is -1.84. The monoisotopic (exact) mass is 164 g/mol. The van der Waals surface area contributed by atoms with Crippen LogP contribution in [0.1, 0.15) is 0 Å². The molecule has 0 radical (unpaired) electrons. The molecule has 0 saturated carbocycles. The average Bonchev–Trinajstić information content (AvgIpc) is 2.44. The second kappa shape index (κ2) is 2.52. The Morgan fingerprint density at radius 1 is 1.33 bits per heavy atom. The molecular weight excluding hydrogens is 154 g/mol. The molecule has 0 saturated heterocycles. The van der Waals surface area contributed by atoms with Crippen molar-refractivity contribution in [2.45, 2.75) is 0 Å². The quantitative estimate of drug-likeness (QED) is 0.593. The van der Waals surface area contributed by atoms with Crippen molar-refractivity contribution in [1.29, 1.82) is 0 Å². The van der Waals surface area contributed by atoms with Gasteiger partial charge in [0.15, 0.2) is 0 Å². The second-order valence-electron chi connectivity index (χ2n) is 2.60. The molecule has 0 atom stereocenters. The number of hydrogen-bond acceptors (Lipinski definition) is 2. The molecule has 0 spiro atoms. The number of rotatable bonds is 1. The van der Waals surface area contributed by atoms with Gasteiger partial charge in [0.05, 0.1) is 7.11 Å². The summed E-state index contributed by atoms with van der Waals surface area (Å²) in [5, 5.41) is 0. The Morgan fingerprint density at radius 2 is 2.08 bits per heavy atom. The molecule has 0 aliphatic carbocycles. The van der Waals surface area contributed by atoms with E-state index in [1.165, 1.54) is 0 Å². The molecule has 62 valence electrons. The molecule has 0 aliphatic heterocycles. The maximum absolute atomic E-state index is 5.39. The SMILES string of the molecule is COc1oc2ccccc2[n+]1C. The lowest BCUT2D eigenvalue weighted by molar-refractivity contribution is -0.656. The molecule has 3 nitrogen and oxygen atoms in total. The maximum atomic E-state index is 5.39. The summed E-state index contributed by atoms with van der Waals surface area (Å²) < 4.78 is 12.3. The number of fused-ring (bicyclic) bond motifs is 1. The molecule has 2 rings (SSSR count). The second-order valence-corrected chi connectivity index (χ2v) is 2.60. The lowest BCUT2D eigenvalue weighted by atomic mass is 10.3. The van der Waals surface area contributed by atoms with Gasteiger partial charge < -0.3 is 9.15 Å². The third kappa shape index (κ3) is 0.863. The first-order chi connectivity index (χ1) is 5.83. The summed E-state index contributed by atoms with van der Waals surface area (Å²) in [7, 11) is 3.50. The zero-order valence-electron chi connectivity index (χ0n) is 7.07. The molecular formula is C9H10NO2+. The summed E-state index contributed by atoms with van der Waals surface area (Å²) in [5.74, 6) is 0. The first kappa shape index (κ1) is 7.16. The van der Waals surface area contributed by atoms with Crippen LogP contribution in [0.5, 0.6) is 6.08 Å². The molecule has 0 N–H and O–H groups in total. The highest BCUT2D eigenvalue weighted by atomic mass is 16.6. The number of oxazole rings is 1. The molecule has 0 unspecified atom stereocenters. The molecule has 1 aromatic carbocycles. The highest BCUT2D eigenvalue weighted by molar-refractivity contribution is 5.68. The van der Waals surface area contributed by atoms with E-state index in [0.29, 0.717) is 6.08 Å². The van der Waals surface area contributed by atoms with Crippen molar-refractivity contribution in [3.63, 3.8) is 0 Å². The Bertz CT molecular complexity index is 406. The Morgan fingerprint density at radius 3 is 2.75 bits per heavy atom. The fourth-order valence-electron chi connectivity index (χ4n) is 1.26. The number of nitrogens with zero attached hydrogens (tertiary/aromatic N) is 1. The number of benzene rings is 1. The summed E-state index contributed by atoms with van der Waals surface area (Å²) in [6.07, 6.45) is 0.524. The third-order valence-corrected chi connectivity index (χ3v) is 1.87. The molecule has 2 aromatic rings. The third-order valence-electron chi connectivity index (χ3n) is 1.87. The lowest BCUT2D eigenvalue weighted by Crippen LogP contribution is -2.27. The van der Waals surface area contributed by atoms with Gasteiger partial charge in [-0.3, -0.25) is 0 Å². The van der Waals surface area contributed by atoms with E-state index in [1.54, 1.807) is 7.11 Å². The number of methoxy groups -OCH3 is 1. The van der Waals surface area contributed by atoms with Crippen LogP contribution in [0.3, 0.4) is 0 Å². The molecule has 1 aromatic heterocycles. The van der Waals surface area contributed by atoms with Gasteiger partial charge in [-0.2, -0.15) is 0 Å². The van der Waals surface area contributed by atoms with Gasteiger partial charge in [-0.05, 0) is 6.07 Å². The Labute approximate surface area is 70.2 Å². The average molecular weight is 164 g/mol. The minimum absolute atomic E-state index is 0.524. The van der Waals surface area contributed by atoms with Crippen molar-refractivity contribution < 1.29 is 13.7 Å². The van der Waals surface area contributed by atoms with Crippen LogP contribution in [0.25, 0.3) is 11.1 Å². The topological polar surface area (TPSA) is 26.2 Å². The summed E-state index contributed by atoms with van der Waals surface area (Å²) >= 11 is 0. The summed E-state index contributed by atoms with van der Waals surface area (Å²) in [6, 6.07) is 7.81. The van der Waals surface area contributed by atoms with E-state index in [-0.39, 0.29) is 0 Å². The number of para-hydroxylation sites is 2. The molecule has 12 heavy (non-hydrogen) atoms. The molecule has 0 amide bonds. The largest absolute Gasteiger partial charge is 0.560 e. The van der Waals surface area contributed by atoms with Crippen LogP contribution in [-0.4, -0.2) is 7.11 Å². The zero-order chi connectivity index (χ0) is 8.55. The predicted octanol–water partition coefficient (Wildman–Crippen LogP) is 1.27. The van der Waals surface area contributed by atoms with E-state index >= 15 is 0 Å². The van der Waals surface area contributed by atoms with Crippen molar-refractivity contribution in [2.75, 3.05) is 7.11 Å². The number of ether oxygens (including phenoxy) is 1. The van der Waals surface area contributed by atoms with Crippen LogP contribution < -0.4 is 9.30 Å². The minimum atomic E-state index is 0.524. The standard InChI is InChI=1S/C9H10NO2/c1-10-7-5-3-4-6-8(7)12-9(10)11-2/h3-6H,1-2H3/q+1. The molecule has 0 aliphatic rings. The van der Waals surface area contributed by atoms with Crippen LogP contribution in [0, 0.1) is 0 Å². The fraction of sp³-hybridized carbons (Fsp3) is 0.222. The highest BCUT2D eigenvalue weighted by Gasteiger charge is 2.18. The summed E-state index contributed by atoms with van der Waals surface area (Å²) in [6.45, 7) is 0. The molecule has 0 bridgehead atoms. The van der Waals surface area contributed by atoms with E-state index in [9.17, 15) is 0 Å². The van der Waals surface area contributed by atoms with E-state index in [0.717, 1.165) is 11.1 Å². The van der Waals surface area contributed by atoms with Crippen LogP contribution >= 0.6 is 0 Å². The number of aryl methyl sites for hydroxylation is 1. The summed E-state index contributed by atoms with van der Waals surface area (Å²) in [5.41, 5.74) is 1.88. The Balaban J connectivity index is 2.78. The van der Waals surface area contributed by atoms with E-state index in [1.807, 2.05) is 35.9 Å². The number of hydrogen-bond donors (Lipinski definition) is 0. The Kier molecular flexibility index (Phi) is 1.50.